The van der Waals surface area contributed by atoms with Crippen LogP contribution in [-0.4, -0.2) is 22.6 Å². The number of imidazole rings is 1. The quantitative estimate of drug-likeness (QED) is 0.717. The second kappa shape index (κ2) is 5.60. The first kappa shape index (κ1) is 13.7. The molecule has 3 rings (SSSR count). The van der Waals surface area contributed by atoms with Crippen LogP contribution in [0.5, 0.6) is 0 Å². The standard InChI is InChI=1S/C18H21N3/c1-4-21(5-2)15-12-10-14(11-13-15)18-19-16-8-6-7-9-17(16)20(18)3/h6-13H,4-5H2,1-3H3. The third-order valence-electron chi connectivity index (χ3n) is 4.04. The summed E-state index contributed by atoms with van der Waals surface area (Å²) in [6.07, 6.45) is 0. The molecule has 3 nitrogen and oxygen atoms in total. The zero-order valence-electron chi connectivity index (χ0n) is 12.9. The summed E-state index contributed by atoms with van der Waals surface area (Å²) < 4.78 is 2.15. The van der Waals surface area contributed by atoms with E-state index in [1.54, 1.807) is 0 Å². The molecule has 0 amide bonds. The van der Waals surface area contributed by atoms with Crippen LogP contribution in [0.1, 0.15) is 13.8 Å². The van der Waals surface area contributed by atoms with Gasteiger partial charge in [-0.25, -0.2) is 4.98 Å². The van der Waals surface area contributed by atoms with Crippen molar-refractivity contribution in [1.29, 1.82) is 0 Å². The van der Waals surface area contributed by atoms with E-state index in [2.05, 4.69) is 72.8 Å². The number of fused-ring (bicyclic) bond motifs is 1. The van der Waals surface area contributed by atoms with Crippen molar-refractivity contribution in [3.63, 3.8) is 0 Å². The number of aromatic nitrogens is 2. The van der Waals surface area contributed by atoms with Gasteiger partial charge in [0.15, 0.2) is 0 Å². The Balaban J connectivity index is 2.01. The van der Waals surface area contributed by atoms with E-state index >= 15 is 0 Å². The number of anilines is 1. The van der Waals surface area contributed by atoms with Crippen LogP contribution < -0.4 is 4.90 Å². The monoisotopic (exact) mass is 279 g/mol. The average Bonchev–Trinajstić information content (AvgIpc) is 2.87. The zero-order valence-corrected chi connectivity index (χ0v) is 12.9. The second-order valence-corrected chi connectivity index (χ2v) is 5.20. The van der Waals surface area contributed by atoms with E-state index in [4.69, 9.17) is 4.98 Å². The van der Waals surface area contributed by atoms with E-state index in [1.165, 1.54) is 11.2 Å². The molecule has 0 spiro atoms. The van der Waals surface area contributed by atoms with Gasteiger partial charge in [-0.3, -0.25) is 0 Å². The van der Waals surface area contributed by atoms with Gasteiger partial charge in [0, 0.05) is 31.4 Å². The van der Waals surface area contributed by atoms with Gasteiger partial charge in [0.2, 0.25) is 0 Å². The maximum Gasteiger partial charge on any atom is 0.140 e. The van der Waals surface area contributed by atoms with Gasteiger partial charge in [-0.15, -0.1) is 0 Å². The topological polar surface area (TPSA) is 21.1 Å². The van der Waals surface area contributed by atoms with Gasteiger partial charge in [0.25, 0.3) is 0 Å². The third-order valence-corrected chi connectivity index (χ3v) is 4.04. The Morgan fingerprint density at radius 3 is 2.24 bits per heavy atom. The fraction of sp³-hybridized carbons (Fsp3) is 0.278. The number of nitrogens with zero attached hydrogens (tertiary/aromatic N) is 3. The van der Waals surface area contributed by atoms with Crippen molar-refractivity contribution in [2.75, 3.05) is 18.0 Å². The molecule has 3 aromatic rings. The normalized spacial score (nSPS) is 11.0. The SMILES string of the molecule is CCN(CC)c1ccc(-c2nc3ccccc3n2C)cc1. The molecular formula is C18H21N3. The summed E-state index contributed by atoms with van der Waals surface area (Å²) >= 11 is 0. The molecule has 108 valence electrons. The van der Waals surface area contributed by atoms with Gasteiger partial charge in [-0.1, -0.05) is 12.1 Å². The molecule has 21 heavy (non-hydrogen) atoms. The summed E-state index contributed by atoms with van der Waals surface area (Å²) in [7, 11) is 2.07. The number of hydrogen-bond donors (Lipinski definition) is 0. The highest BCUT2D eigenvalue weighted by Crippen LogP contribution is 2.25. The number of rotatable bonds is 4. The van der Waals surface area contributed by atoms with E-state index in [9.17, 15) is 0 Å². The lowest BCUT2D eigenvalue weighted by Crippen LogP contribution is -2.21. The van der Waals surface area contributed by atoms with Gasteiger partial charge in [-0.2, -0.15) is 0 Å². The zero-order chi connectivity index (χ0) is 14.8. The summed E-state index contributed by atoms with van der Waals surface area (Å²) in [4.78, 5) is 7.09. The van der Waals surface area contributed by atoms with Crippen LogP contribution >= 0.6 is 0 Å². The van der Waals surface area contributed by atoms with E-state index in [1.807, 2.05) is 6.07 Å². The predicted octanol–water partition coefficient (Wildman–Crippen LogP) is 4.09. The van der Waals surface area contributed by atoms with Crippen molar-refractivity contribution >= 4 is 16.7 Å². The van der Waals surface area contributed by atoms with Crippen LogP contribution in [0, 0.1) is 0 Å². The minimum Gasteiger partial charge on any atom is -0.372 e. The minimum absolute atomic E-state index is 1.02. The van der Waals surface area contributed by atoms with Crippen molar-refractivity contribution in [2.45, 2.75) is 13.8 Å². The van der Waals surface area contributed by atoms with E-state index in [0.29, 0.717) is 0 Å². The molecule has 3 heteroatoms. The molecule has 0 saturated carbocycles. The van der Waals surface area contributed by atoms with Crippen molar-refractivity contribution in [1.82, 2.24) is 9.55 Å². The molecular weight excluding hydrogens is 258 g/mol. The first-order valence-corrected chi connectivity index (χ1v) is 7.51. The van der Waals surface area contributed by atoms with Crippen LogP contribution in [0.2, 0.25) is 0 Å². The molecule has 0 unspecified atom stereocenters. The molecule has 0 fully saturated rings. The molecule has 0 saturated heterocycles. The lowest BCUT2D eigenvalue weighted by Gasteiger charge is -2.21. The molecule has 0 aliphatic heterocycles. The highest BCUT2D eigenvalue weighted by molar-refractivity contribution is 5.80. The average molecular weight is 279 g/mol. The molecule has 0 radical (unpaired) electrons. The summed E-state index contributed by atoms with van der Waals surface area (Å²) in [5.41, 5.74) is 4.63. The summed E-state index contributed by atoms with van der Waals surface area (Å²) in [5.74, 6) is 1.02. The molecule has 0 aliphatic rings. The molecule has 0 bridgehead atoms. The van der Waals surface area contributed by atoms with Crippen LogP contribution in [0.15, 0.2) is 48.5 Å². The Morgan fingerprint density at radius 1 is 0.952 bits per heavy atom. The maximum atomic E-state index is 4.75. The lowest BCUT2D eigenvalue weighted by atomic mass is 10.2. The van der Waals surface area contributed by atoms with E-state index in [0.717, 1.165) is 30.0 Å². The Morgan fingerprint density at radius 2 is 1.62 bits per heavy atom. The smallest absolute Gasteiger partial charge is 0.140 e. The Hall–Kier alpha value is -2.29. The van der Waals surface area contributed by atoms with Crippen LogP contribution in [-0.2, 0) is 7.05 Å². The van der Waals surface area contributed by atoms with Crippen molar-refractivity contribution in [3.05, 3.63) is 48.5 Å². The van der Waals surface area contributed by atoms with E-state index in [-0.39, 0.29) is 0 Å². The molecule has 1 aromatic heterocycles. The number of para-hydroxylation sites is 2. The predicted molar refractivity (Wildman–Crippen MR) is 89.7 cm³/mol. The summed E-state index contributed by atoms with van der Waals surface area (Å²) in [6, 6.07) is 16.9. The van der Waals surface area contributed by atoms with Gasteiger partial charge < -0.3 is 9.47 Å². The van der Waals surface area contributed by atoms with Crippen LogP contribution in [0.3, 0.4) is 0 Å². The maximum absolute atomic E-state index is 4.75. The van der Waals surface area contributed by atoms with Gasteiger partial charge in [0.05, 0.1) is 11.0 Å². The number of hydrogen-bond acceptors (Lipinski definition) is 2. The molecule has 2 aromatic carbocycles. The summed E-state index contributed by atoms with van der Waals surface area (Å²) in [5, 5.41) is 0. The molecule has 1 heterocycles. The van der Waals surface area contributed by atoms with Crippen LogP contribution in [0.25, 0.3) is 22.4 Å². The van der Waals surface area contributed by atoms with E-state index < -0.39 is 0 Å². The molecule has 0 atom stereocenters. The van der Waals surface area contributed by atoms with Gasteiger partial charge in [0.1, 0.15) is 5.82 Å². The lowest BCUT2D eigenvalue weighted by molar-refractivity contribution is 0.866. The van der Waals surface area contributed by atoms with Crippen molar-refractivity contribution in [2.24, 2.45) is 7.05 Å². The first-order chi connectivity index (χ1) is 10.2. The summed E-state index contributed by atoms with van der Waals surface area (Å²) in [6.45, 7) is 6.43. The Bertz CT molecular complexity index is 737. The highest BCUT2D eigenvalue weighted by atomic mass is 15.1. The minimum atomic E-state index is 1.02. The van der Waals surface area contributed by atoms with Crippen LogP contribution in [0.4, 0.5) is 5.69 Å². The highest BCUT2D eigenvalue weighted by Gasteiger charge is 2.09. The van der Waals surface area contributed by atoms with Gasteiger partial charge >= 0.3 is 0 Å². The molecule has 0 N–H and O–H groups in total. The fourth-order valence-corrected chi connectivity index (χ4v) is 2.81. The third kappa shape index (κ3) is 2.40. The number of aryl methyl sites for hydroxylation is 1. The Kier molecular flexibility index (Phi) is 3.65. The van der Waals surface area contributed by atoms with Gasteiger partial charge in [-0.05, 0) is 50.2 Å². The largest absolute Gasteiger partial charge is 0.372 e. The van der Waals surface area contributed by atoms with Crippen molar-refractivity contribution < 1.29 is 0 Å². The fourth-order valence-electron chi connectivity index (χ4n) is 2.81. The molecule has 0 aliphatic carbocycles. The number of benzene rings is 2. The van der Waals surface area contributed by atoms with Crippen molar-refractivity contribution in [3.8, 4) is 11.4 Å². The Labute approximate surface area is 125 Å². The second-order valence-electron chi connectivity index (χ2n) is 5.20. The first-order valence-electron chi connectivity index (χ1n) is 7.51.